The predicted molar refractivity (Wildman–Crippen MR) is 199 cm³/mol. The zero-order valence-electron chi connectivity index (χ0n) is 30.2. The van der Waals surface area contributed by atoms with Crippen LogP contribution in [0, 0.1) is 5.92 Å². The molecule has 2 heterocycles. The molecule has 3 saturated carbocycles. The smallest absolute Gasteiger partial charge is 0.408 e. The van der Waals surface area contributed by atoms with Crippen molar-refractivity contribution in [2.24, 2.45) is 11.1 Å². The molecule has 6 atom stereocenters. The molecule has 0 aromatic heterocycles. The molecule has 2 aliphatic heterocycles. The van der Waals surface area contributed by atoms with Gasteiger partial charge < -0.3 is 25.1 Å². The molecular weight excluding hydrogens is 711 g/mol. The van der Waals surface area contributed by atoms with Crippen molar-refractivity contribution in [3.8, 4) is 11.1 Å². The van der Waals surface area contributed by atoms with Gasteiger partial charge in [-0.15, -0.1) is 6.58 Å². The van der Waals surface area contributed by atoms with Crippen LogP contribution in [0.5, 0.6) is 0 Å². The maximum absolute atomic E-state index is 14.7. The lowest BCUT2D eigenvalue weighted by Crippen LogP contribution is -2.59. The highest BCUT2D eigenvalue weighted by Crippen LogP contribution is 2.46. The molecule has 0 bridgehead atoms. The maximum atomic E-state index is 14.7. The Morgan fingerprint density at radius 3 is 2.13 bits per heavy atom. The van der Waals surface area contributed by atoms with Gasteiger partial charge in [-0.05, 0) is 68.9 Å². The number of benzene rings is 2. The number of carbonyl (C=O) groups excluding carboxylic acids is 4. The molecule has 4 amide bonds. The number of hydrogen-bond donors (Lipinski definition) is 3. The van der Waals surface area contributed by atoms with Gasteiger partial charge in [-0.1, -0.05) is 79.0 Å². The summed E-state index contributed by atoms with van der Waals surface area (Å²) in [7, 11) is -3.89. The number of nitrogens with zero attached hydrogens (tertiary/aromatic N) is 2. The van der Waals surface area contributed by atoms with Gasteiger partial charge in [0.25, 0.3) is 5.91 Å². The summed E-state index contributed by atoms with van der Waals surface area (Å²) in [5, 5.41) is 9.77. The second-order valence-corrected chi connectivity index (χ2v) is 17.5. The van der Waals surface area contributed by atoms with E-state index in [1.807, 2.05) is 48.5 Å². The largest absolute Gasteiger partial charge is 0.446 e. The van der Waals surface area contributed by atoms with Gasteiger partial charge >= 0.3 is 6.09 Å². The molecule has 2 aromatic rings. The number of carbonyl (C=O) groups is 4. The second kappa shape index (κ2) is 14.5. The number of alkyl carbamates (subject to hydrolysis) is 1. The first-order chi connectivity index (χ1) is 26.1. The number of sulfonamides is 1. The lowest BCUT2D eigenvalue weighted by Gasteiger charge is -2.33. The summed E-state index contributed by atoms with van der Waals surface area (Å²) < 4.78 is 33.4. The molecule has 286 valence electrons. The zero-order valence-corrected chi connectivity index (χ0v) is 31.0. The van der Waals surface area contributed by atoms with Gasteiger partial charge in [0.05, 0.1) is 11.3 Å². The minimum atomic E-state index is -3.89. The molecule has 2 aromatic carbocycles. The van der Waals surface area contributed by atoms with Crippen LogP contribution in [0.25, 0.3) is 11.1 Å². The molecule has 4 aliphatic carbocycles. The third-order valence-electron chi connectivity index (χ3n) is 12.0. The number of ether oxygens (including phenoxy) is 1. The van der Waals surface area contributed by atoms with E-state index < -0.39 is 74.8 Å². The third kappa shape index (κ3) is 6.88. The normalized spacial score (nSPS) is 29.0. The van der Waals surface area contributed by atoms with Gasteiger partial charge in [0.1, 0.15) is 35.5 Å². The first kappa shape index (κ1) is 36.3. The Hall–Kier alpha value is -4.72. The van der Waals surface area contributed by atoms with Crippen LogP contribution in [-0.4, -0.2) is 84.0 Å². The SMILES string of the molecule is C=C[C@@H]1CC1(NC(=O)[C@@H]1C[C@@H](ON=C2c3ccccc3-c3ccccc32)C2CCCCCC(NC(=O)OC3CCCC3)C(=O)N21)C(=O)NS(=O)(=O)C1CC1. The molecule has 8 rings (SSSR count). The number of rotatable bonds is 10. The van der Waals surface area contributed by atoms with Crippen LogP contribution < -0.4 is 15.4 Å². The lowest BCUT2D eigenvalue weighted by molar-refractivity contribution is -0.143. The van der Waals surface area contributed by atoms with Gasteiger partial charge in [0.2, 0.25) is 21.8 Å². The molecule has 5 fully saturated rings. The van der Waals surface area contributed by atoms with E-state index in [2.05, 4.69) is 21.9 Å². The van der Waals surface area contributed by atoms with Crippen molar-refractivity contribution in [1.29, 1.82) is 0 Å². The molecule has 6 aliphatic rings. The number of fused-ring (bicyclic) bond motifs is 4. The highest BCUT2D eigenvalue weighted by Gasteiger charge is 2.62. The van der Waals surface area contributed by atoms with Gasteiger partial charge in [0, 0.05) is 23.5 Å². The van der Waals surface area contributed by atoms with E-state index in [0.717, 1.165) is 60.8 Å². The van der Waals surface area contributed by atoms with E-state index in [-0.39, 0.29) is 18.9 Å². The van der Waals surface area contributed by atoms with E-state index in [1.54, 1.807) is 0 Å². The molecular formula is C40H47N5O8S. The topological polar surface area (TPSA) is 173 Å². The summed E-state index contributed by atoms with van der Waals surface area (Å²) in [6.45, 7) is 3.81. The van der Waals surface area contributed by atoms with Gasteiger partial charge in [-0.25, -0.2) is 13.2 Å². The fraction of sp³-hybridized carbons (Fsp3) is 0.525. The summed E-state index contributed by atoms with van der Waals surface area (Å²) in [6.07, 6.45) is 7.79. The molecule has 13 nitrogen and oxygen atoms in total. The second-order valence-electron chi connectivity index (χ2n) is 15.6. The Kier molecular flexibility index (Phi) is 9.74. The van der Waals surface area contributed by atoms with Crippen molar-refractivity contribution in [1.82, 2.24) is 20.3 Å². The Morgan fingerprint density at radius 2 is 1.50 bits per heavy atom. The van der Waals surface area contributed by atoms with Crippen LogP contribution >= 0.6 is 0 Å². The molecule has 0 spiro atoms. The third-order valence-corrected chi connectivity index (χ3v) is 13.8. The quantitative estimate of drug-likeness (QED) is 0.201. The van der Waals surface area contributed by atoms with Crippen molar-refractivity contribution in [3.63, 3.8) is 0 Å². The fourth-order valence-electron chi connectivity index (χ4n) is 8.77. The van der Waals surface area contributed by atoms with Crippen LogP contribution in [0.2, 0.25) is 0 Å². The maximum Gasteiger partial charge on any atom is 0.408 e. The van der Waals surface area contributed by atoms with Crippen LogP contribution in [0.15, 0.2) is 66.3 Å². The van der Waals surface area contributed by atoms with Gasteiger partial charge in [-0.3, -0.25) is 19.1 Å². The molecule has 0 radical (unpaired) electrons. The van der Waals surface area contributed by atoms with E-state index in [1.165, 1.54) is 11.0 Å². The van der Waals surface area contributed by atoms with E-state index in [0.29, 0.717) is 37.8 Å². The number of nitrogens with one attached hydrogen (secondary N) is 3. The van der Waals surface area contributed by atoms with Crippen molar-refractivity contribution < 1.29 is 37.2 Å². The first-order valence-electron chi connectivity index (χ1n) is 19.3. The number of oxime groups is 1. The van der Waals surface area contributed by atoms with Gasteiger partial charge in [0.15, 0.2) is 0 Å². The van der Waals surface area contributed by atoms with Gasteiger partial charge in [-0.2, -0.15) is 0 Å². The lowest BCUT2D eigenvalue weighted by atomic mass is 10.0. The molecule has 2 saturated heterocycles. The van der Waals surface area contributed by atoms with Crippen molar-refractivity contribution in [2.45, 2.75) is 125 Å². The predicted octanol–water partition coefficient (Wildman–Crippen LogP) is 4.44. The molecule has 54 heavy (non-hydrogen) atoms. The van der Waals surface area contributed by atoms with Crippen LogP contribution in [-0.2, 0) is 34.0 Å². The Bertz CT molecular complexity index is 1940. The summed E-state index contributed by atoms with van der Waals surface area (Å²) in [4.78, 5) is 63.7. The minimum absolute atomic E-state index is 0.0678. The zero-order chi connectivity index (χ0) is 37.6. The number of amides is 4. The van der Waals surface area contributed by atoms with Crippen molar-refractivity contribution in [2.75, 3.05) is 0 Å². The van der Waals surface area contributed by atoms with E-state index in [4.69, 9.17) is 14.7 Å². The Labute approximate surface area is 315 Å². The Balaban J connectivity index is 1.09. The molecule has 14 heteroatoms. The van der Waals surface area contributed by atoms with Crippen molar-refractivity contribution in [3.05, 3.63) is 72.3 Å². The summed E-state index contributed by atoms with van der Waals surface area (Å²) in [5.41, 5.74) is 3.02. The van der Waals surface area contributed by atoms with E-state index in [9.17, 15) is 27.6 Å². The van der Waals surface area contributed by atoms with Crippen LogP contribution in [0.1, 0.15) is 94.6 Å². The average Bonchev–Trinajstić information content (AvgIpc) is 4.01. The average molecular weight is 758 g/mol. The summed E-state index contributed by atoms with van der Waals surface area (Å²) in [6, 6.07) is 13.2. The van der Waals surface area contributed by atoms with E-state index >= 15 is 0 Å². The highest BCUT2D eigenvalue weighted by molar-refractivity contribution is 7.91. The first-order valence-corrected chi connectivity index (χ1v) is 20.9. The molecule has 3 unspecified atom stereocenters. The summed E-state index contributed by atoms with van der Waals surface area (Å²) in [5.74, 6) is -2.37. The standard InChI is InChI=1S/C40H47N5O8S/c1-2-24-23-40(24,38(48)44-54(50,51)26-20-21-26)42-36(46)33-22-34(53-43-35-29-16-10-8-14-27(29)28-15-9-11-17-30(28)35)32-19-5-3-4-18-31(37(47)45(32)33)41-39(49)52-25-12-6-7-13-25/h2,8-11,14-17,24-26,31-34H,1,3-7,12-13,18-23H2,(H,41,49)(H,42,46)(H,44,48)/t24-,31?,32?,33+,34-,40?/m1/s1. The highest BCUT2D eigenvalue weighted by atomic mass is 32.2. The summed E-state index contributed by atoms with van der Waals surface area (Å²) >= 11 is 0. The van der Waals surface area contributed by atoms with Crippen LogP contribution in [0.4, 0.5) is 4.79 Å². The fourth-order valence-corrected chi connectivity index (χ4v) is 10.1. The number of hydrogen-bond acceptors (Lipinski definition) is 9. The minimum Gasteiger partial charge on any atom is -0.446 e. The molecule has 3 N–H and O–H groups in total. The Morgan fingerprint density at radius 1 is 0.870 bits per heavy atom. The monoisotopic (exact) mass is 757 g/mol. The van der Waals surface area contributed by atoms with Crippen molar-refractivity contribution >= 4 is 39.5 Å². The van der Waals surface area contributed by atoms with Crippen LogP contribution in [0.3, 0.4) is 0 Å².